The standard InChI is InChI=1S/C21H31N3O3/c1-14-8-15(12-21(2,3)11-14)22-20(26)23-16-9-19(25)24(13-16)17-6-5-7-18(10-17)27-4/h5-7,10,14-16H,8-9,11-13H2,1-4H3,(H2,22,23,26)/t14-,15-,16+/m0/s1. The van der Waals surface area contributed by atoms with Crippen molar-refractivity contribution in [3.05, 3.63) is 24.3 Å². The molecule has 1 aliphatic carbocycles. The summed E-state index contributed by atoms with van der Waals surface area (Å²) in [6, 6.07) is 7.27. The molecule has 2 N–H and O–H groups in total. The number of hydrogen-bond acceptors (Lipinski definition) is 3. The summed E-state index contributed by atoms with van der Waals surface area (Å²) >= 11 is 0. The fourth-order valence-electron chi connectivity index (χ4n) is 4.70. The van der Waals surface area contributed by atoms with E-state index in [1.54, 1.807) is 12.0 Å². The van der Waals surface area contributed by atoms with E-state index in [4.69, 9.17) is 4.74 Å². The van der Waals surface area contributed by atoms with Gasteiger partial charge in [-0.25, -0.2) is 4.79 Å². The van der Waals surface area contributed by atoms with E-state index in [0.717, 1.165) is 18.5 Å². The van der Waals surface area contributed by atoms with E-state index < -0.39 is 0 Å². The Balaban J connectivity index is 1.55. The van der Waals surface area contributed by atoms with Crippen LogP contribution >= 0.6 is 0 Å². The van der Waals surface area contributed by atoms with Crippen molar-refractivity contribution in [1.29, 1.82) is 0 Å². The zero-order valence-corrected chi connectivity index (χ0v) is 16.7. The van der Waals surface area contributed by atoms with Crippen LogP contribution in [0.25, 0.3) is 0 Å². The van der Waals surface area contributed by atoms with Crippen LogP contribution in [0.4, 0.5) is 10.5 Å². The van der Waals surface area contributed by atoms with E-state index in [1.165, 1.54) is 6.42 Å². The molecule has 27 heavy (non-hydrogen) atoms. The highest BCUT2D eigenvalue weighted by Crippen LogP contribution is 2.38. The summed E-state index contributed by atoms with van der Waals surface area (Å²) in [5.74, 6) is 1.33. The molecule has 2 fully saturated rings. The SMILES string of the molecule is COc1cccc(N2C[C@H](NC(=O)N[C@H]3C[C@H](C)CC(C)(C)C3)CC2=O)c1. The molecule has 6 nitrogen and oxygen atoms in total. The van der Waals surface area contributed by atoms with Crippen LogP contribution in [0.1, 0.15) is 46.5 Å². The Labute approximate surface area is 161 Å². The normalized spacial score (nSPS) is 27.3. The summed E-state index contributed by atoms with van der Waals surface area (Å²) in [6.07, 6.45) is 3.51. The first kappa shape index (κ1) is 19.5. The lowest BCUT2D eigenvalue weighted by Crippen LogP contribution is -2.50. The maximum absolute atomic E-state index is 12.5. The summed E-state index contributed by atoms with van der Waals surface area (Å²) in [5.41, 5.74) is 1.05. The Morgan fingerprint density at radius 3 is 2.67 bits per heavy atom. The fraction of sp³-hybridized carbons (Fsp3) is 0.619. The lowest BCUT2D eigenvalue weighted by atomic mass is 9.71. The van der Waals surface area contributed by atoms with E-state index in [2.05, 4.69) is 31.4 Å². The van der Waals surface area contributed by atoms with E-state index in [9.17, 15) is 9.59 Å². The Bertz CT molecular complexity index is 704. The molecule has 1 aromatic rings. The summed E-state index contributed by atoms with van der Waals surface area (Å²) in [4.78, 5) is 26.6. The van der Waals surface area contributed by atoms with Crippen LogP contribution in [0.15, 0.2) is 24.3 Å². The molecule has 3 rings (SSSR count). The molecule has 0 unspecified atom stereocenters. The van der Waals surface area contributed by atoms with Crippen molar-refractivity contribution < 1.29 is 14.3 Å². The molecular weight excluding hydrogens is 342 g/mol. The maximum Gasteiger partial charge on any atom is 0.315 e. The van der Waals surface area contributed by atoms with E-state index in [0.29, 0.717) is 24.6 Å². The van der Waals surface area contributed by atoms with E-state index in [-0.39, 0.29) is 29.4 Å². The summed E-state index contributed by atoms with van der Waals surface area (Å²) in [7, 11) is 1.60. The van der Waals surface area contributed by atoms with Gasteiger partial charge in [-0.15, -0.1) is 0 Å². The van der Waals surface area contributed by atoms with Gasteiger partial charge in [0.05, 0.1) is 13.2 Å². The van der Waals surface area contributed by atoms with E-state index >= 15 is 0 Å². The molecule has 0 bridgehead atoms. The van der Waals surface area contributed by atoms with E-state index in [1.807, 2.05) is 24.3 Å². The number of carbonyl (C=O) groups excluding carboxylic acids is 2. The molecule has 3 atom stereocenters. The molecule has 3 amide bonds. The highest BCUT2D eigenvalue weighted by Gasteiger charge is 2.35. The molecular formula is C21H31N3O3. The summed E-state index contributed by atoms with van der Waals surface area (Å²) < 4.78 is 5.23. The minimum absolute atomic E-state index is 0.0148. The predicted molar refractivity (Wildman–Crippen MR) is 106 cm³/mol. The van der Waals surface area contributed by atoms with Crippen molar-refractivity contribution in [2.24, 2.45) is 11.3 Å². The number of rotatable bonds is 4. The number of benzene rings is 1. The number of methoxy groups -OCH3 is 1. The van der Waals surface area contributed by atoms with Crippen molar-refractivity contribution >= 4 is 17.6 Å². The van der Waals surface area contributed by atoms with Crippen molar-refractivity contribution in [2.75, 3.05) is 18.6 Å². The van der Waals surface area contributed by atoms with Gasteiger partial charge in [0.15, 0.2) is 0 Å². The number of ether oxygens (including phenoxy) is 1. The van der Waals surface area contributed by atoms with Gasteiger partial charge in [0, 0.05) is 30.8 Å². The Morgan fingerprint density at radius 2 is 1.96 bits per heavy atom. The molecule has 1 heterocycles. The lowest BCUT2D eigenvalue weighted by Gasteiger charge is -2.39. The Morgan fingerprint density at radius 1 is 1.22 bits per heavy atom. The van der Waals surface area contributed by atoms with Crippen LogP contribution in [0.3, 0.4) is 0 Å². The molecule has 0 radical (unpaired) electrons. The second-order valence-corrected chi connectivity index (χ2v) is 8.83. The molecule has 1 saturated heterocycles. The van der Waals surface area contributed by atoms with Gasteiger partial charge in [-0.2, -0.15) is 0 Å². The molecule has 148 valence electrons. The molecule has 1 saturated carbocycles. The number of nitrogens with zero attached hydrogens (tertiary/aromatic N) is 1. The van der Waals surface area contributed by atoms with Gasteiger partial charge >= 0.3 is 6.03 Å². The average molecular weight is 373 g/mol. The summed E-state index contributed by atoms with van der Waals surface area (Å²) in [5, 5.41) is 6.10. The van der Waals surface area contributed by atoms with Crippen LogP contribution < -0.4 is 20.3 Å². The third-order valence-corrected chi connectivity index (χ3v) is 5.55. The van der Waals surface area contributed by atoms with Crippen molar-refractivity contribution in [1.82, 2.24) is 10.6 Å². The first-order chi connectivity index (χ1) is 12.8. The molecule has 0 aromatic heterocycles. The van der Waals surface area contributed by atoms with Gasteiger partial charge in [0.25, 0.3) is 0 Å². The monoisotopic (exact) mass is 373 g/mol. The minimum atomic E-state index is -0.183. The first-order valence-corrected chi connectivity index (χ1v) is 9.77. The highest BCUT2D eigenvalue weighted by atomic mass is 16.5. The first-order valence-electron chi connectivity index (χ1n) is 9.77. The van der Waals surface area contributed by atoms with Crippen molar-refractivity contribution in [3.63, 3.8) is 0 Å². The number of hydrogen-bond donors (Lipinski definition) is 2. The van der Waals surface area contributed by atoms with Gasteiger partial charge in [0.2, 0.25) is 5.91 Å². The van der Waals surface area contributed by atoms with Gasteiger partial charge in [-0.05, 0) is 42.7 Å². The van der Waals surface area contributed by atoms with Crippen molar-refractivity contribution in [2.45, 2.75) is 58.5 Å². The van der Waals surface area contributed by atoms with Gasteiger partial charge in [-0.3, -0.25) is 4.79 Å². The lowest BCUT2D eigenvalue weighted by molar-refractivity contribution is -0.117. The third kappa shape index (κ3) is 4.93. The fourth-order valence-corrected chi connectivity index (χ4v) is 4.70. The molecule has 6 heteroatoms. The average Bonchev–Trinajstić information content (AvgIpc) is 2.93. The molecule has 1 aromatic carbocycles. The molecule has 1 aliphatic heterocycles. The van der Waals surface area contributed by atoms with Crippen LogP contribution in [-0.2, 0) is 4.79 Å². The van der Waals surface area contributed by atoms with Gasteiger partial charge in [0.1, 0.15) is 5.75 Å². The Hall–Kier alpha value is -2.24. The maximum atomic E-state index is 12.5. The predicted octanol–water partition coefficient (Wildman–Crippen LogP) is 3.31. The number of urea groups is 1. The smallest absolute Gasteiger partial charge is 0.315 e. The number of nitrogens with one attached hydrogen (secondary N) is 2. The van der Waals surface area contributed by atoms with Crippen LogP contribution in [-0.4, -0.2) is 37.7 Å². The second kappa shape index (κ2) is 7.79. The van der Waals surface area contributed by atoms with Gasteiger partial charge < -0.3 is 20.3 Å². The number of anilines is 1. The number of amides is 3. The topological polar surface area (TPSA) is 70.7 Å². The second-order valence-electron chi connectivity index (χ2n) is 8.83. The van der Waals surface area contributed by atoms with Gasteiger partial charge in [-0.1, -0.05) is 26.8 Å². The highest BCUT2D eigenvalue weighted by molar-refractivity contribution is 5.97. The third-order valence-electron chi connectivity index (χ3n) is 5.55. The quantitative estimate of drug-likeness (QED) is 0.851. The van der Waals surface area contributed by atoms with Crippen LogP contribution in [0, 0.1) is 11.3 Å². The molecule has 2 aliphatic rings. The minimum Gasteiger partial charge on any atom is -0.497 e. The zero-order chi connectivity index (χ0) is 19.6. The van der Waals surface area contributed by atoms with Crippen LogP contribution in [0.5, 0.6) is 5.75 Å². The van der Waals surface area contributed by atoms with Crippen LogP contribution in [0.2, 0.25) is 0 Å². The molecule has 0 spiro atoms. The largest absolute Gasteiger partial charge is 0.497 e. The Kier molecular flexibility index (Phi) is 5.63. The summed E-state index contributed by atoms with van der Waals surface area (Å²) in [6.45, 7) is 7.24. The zero-order valence-electron chi connectivity index (χ0n) is 16.7. The number of carbonyl (C=O) groups is 2. The van der Waals surface area contributed by atoms with Crippen molar-refractivity contribution in [3.8, 4) is 5.75 Å².